The van der Waals surface area contributed by atoms with Crippen molar-refractivity contribution in [1.82, 2.24) is 9.78 Å². The Hall–Kier alpha value is -2.83. The Morgan fingerprint density at radius 2 is 2.08 bits per heavy atom. The molecule has 0 radical (unpaired) electrons. The molecule has 2 aromatic rings. The van der Waals surface area contributed by atoms with Gasteiger partial charge in [-0.15, -0.1) is 0 Å². The van der Waals surface area contributed by atoms with Gasteiger partial charge in [-0.3, -0.25) is 9.48 Å². The van der Waals surface area contributed by atoms with E-state index in [2.05, 4.69) is 31.2 Å². The number of carbonyl (C=O) groups is 2. The van der Waals surface area contributed by atoms with Gasteiger partial charge in [-0.05, 0) is 17.7 Å². The summed E-state index contributed by atoms with van der Waals surface area (Å²) in [6.07, 6.45) is 0.243. The summed E-state index contributed by atoms with van der Waals surface area (Å²) >= 11 is 0. The number of nitrogens with one attached hydrogen (secondary N) is 1. The lowest BCUT2D eigenvalue weighted by Gasteiger charge is -2.27. The van der Waals surface area contributed by atoms with Gasteiger partial charge in [0.25, 0.3) is 0 Å². The minimum absolute atomic E-state index is 0.0822. The van der Waals surface area contributed by atoms with Crippen LogP contribution in [-0.2, 0) is 22.0 Å². The first-order valence-corrected chi connectivity index (χ1v) is 8.42. The third-order valence-corrected chi connectivity index (χ3v) is 4.62. The van der Waals surface area contributed by atoms with Gasteiger partial charge in [-0.25, -0.2) is 4.79 Å². The number of hydrogen-bond acceptors (Lipinski definition) is 5. The number of phenolic OH excluding ortho intramolecular Hbond substituents is 1. The maximum Gasteiger partial charge on any atom is 0.341 e. The summed E-state index contributed by atoms with van der Waals surface area (Å²) in [5.74, 6) is -0.469. The number of aryl methyl sites for hydroxylation is 1. The number of benzene rings is 1. The number of rotatable bonds is 2. The van der Waals surface area contributed by atoms with E-state index in [0.29, 0.717) is 5.82 Å². The molecule has 0 aliphatic carbocycles. The third-order valence-electron chi connectivity index (χ3n) is 4.62. The molecular formula is C19H23N3O4. The van der Waals surface area contributed by atoms with Crippen LogP contribution in [0.3, 0.4) is 0 Å². The van der Waals surface area contributed by atoms with Gasteiger partial charge in [0, 0.05) is 30.4 Å². The minimum atomic E-state index is -0.618. The van der Waals surface area contributed by atoms with Crippen LogP contribution in [0.2, 0.25) is 0 Å². The third kappa shape index (κ3) is 2.94. The van der Waals surface area contributed by atoms with E-state index >= 15 is 0 Å². The molecule has 1 amide bonds. The van der Waals surface area contributed by atoms with Crippen LogP contribution in [0.4, 0.5) is 5.82 Å². The Labute approximate surface area is 152 Å². The number of fused-ring (bicyclic) bond motifs is 1. The van der Waals surface area contributed by atoms with Crippen LogP contribution in [0.5, 0.6) is 5.75 Å². The van der Waals surface area contributed by atoms with Gasteiger partial charge in [0.15, 0.2) is 0 Å². The van der Waals surface area contributed by atoms with Crippen molar-refractivity contribution in [2.24, 2.45) is 7.05 Å². The molecular weight excluding hydrogens is 334 g/mol. The van der Waals surface area contributed by atoms with E-state index in [0.717, 1.165) is 16.8 Å². The van der Waals surface area contributed by atoms with E-state index < -0.39 is 5.97 Å². The fourth-order valence-electron chi connectivity index (χ4n) is 3.37. The first-order valence-electron chi connectivity index (χ1n) is 8.42. The van der Waals surface area contributed by atoms with E-state index in [1.807, 2.05) is 0 Å². The van der Waals surface area contributed by atoms with Crippen LogP contribution in [0.1, 0.15) is 60.3 Å². The molecule has 138 valence electrons. The summed E-state index contributed by atoms with van der Waals surface area (Å²) in [4.78, 5) is 24.2. The number of carbonyl (C=O) groups excluding carboxylic acids is 2. The largest absolute Gasteiger partial charge is 0.507 e. The number of ether oxygens (including phenoxy) is 1. The van der Waals surface area contributed by atoms with Gasteiger partial charge in [-0.2, -0.15) is 5.10 Å². The minimum Gasteiger partial charge on any atom is -0.507 e. The number of amides is 1. The van der Waals surface area contributed by atoms with Crippen LogP contribution < -0.4 is 5.32 Å². The van der Waals surface area contributed by atoms with Crippen molar-refractivity contribution in [3.63, 3.8) is 0 Å². The van der Waals surface area contributed by atoms with Crippen LogP contribution in [0.25, 0.3) is 0 Å². The lowest BCUT2D eigenvalue weighted by molar-refractivity contribution is -0.116. The number of esters is 1. The molecule has 1 aromatic heterocycles. The predicted octanol–water partition coefficient (Wildman–Crippen LogP) is 2.68. The maximum absolute atomic E-state index is 12.3. The summed E-state index contributed by atoms with van der Waals surface area (Å²) < 4.78 is 6.42. The molecule has 0 saturated carbocycles. The van der Waals surface area contributed by atoms with Crippen molar-refractivity contribution in [3.05, 3.63) is 40.6 Å². The van der Waals surface area contributed by atoms with Gasteiger partial charge in [-0.1, -0.05) is 26.8 Å². The molecule has 26 heavy (non-hydrogen) atoms. The van der Waals surface area contributed by atoms with Crippen molar-refractivity contribution in [2.45, 2.75) is 38.5 Å². The second-order valence-corrected chi connectivity index (χ2v) is 7.56. The van der Waals surface area contributed by atoms with Crippen molar-refractivity contribution in [3.8, 4) is 5.75 Å². The summed E-state index contributed by atoms with van der Waals surface area (Å²) in [6, 6.07) is 4.78. The zero-order valence-electron chi connectivity index (χ0n) is 15.6. The first kappa shape index (κ1) is 18.0. The zero-order chi connectivity index (χ0) is 19.2. The molecule has 0 saturated heterocycles. The number of hydrogen-bond donors (Lipinski definition) is 2. The van der Waals surface area contributed by atoms with Crippen molar-refractivity contribution >= 4 is 17.7 Å². The van der Waals surface area contributed by atoms with Crippen LogP contribution in [0, 0.1) is 0 Å². The monoisotopic (exact) mass is 357 g/mol. The fraction of sp³-hybridized carbons (Fsp3) is 0.421. The first-order chi connectivity index (χ1) is 12.1. The summed E-state index contributed by atoms with van der Waals surface area (Å²) in [5, 5.41) is 17.5. The maximum atomic E-state index is 12.3. The Balaban J connectivity index is 2.20. The van der Waals surface area contributed by atoms with Gasteiger partial charge >= 0.3 is 5.97 Å². The van der Waals surface area contributed by atoms with E-state index in [1.54, 1.807) is 23.9 Å². The number of nitrogens with zero attached hydrogens (tertiary/aromatic N) is 2. The molecule has 3 rings (SSSR count). The van der Waals surface area contributed by atoms with Crippen molar-refractivity contribution in [2.75, 3.05) is 12.4 Å². The Kier molecular flexibility index (Phi) is 4.26. The van der Waals surface area contributed by atoms with Gasteiger partial charge in [0.2, 0.25) is 5.91 Å². The zero-order valence-corrected chi connectivity index (χ0v) is 15.6. The number of phenols is 1. The molecule has 2 heterocycles. The highest BCUT2D eigenvalue weighted by atomic mass is 16.5. The fourth-order valence-corrected chi connectivity index (χ4v) is 3.37. The molecule has 2 N–H and O–H groups in total. The number of aromatic nitrogens is 2. The van der Waals surface area contributed by atoms with Crippen molar-refractivity contribution in [1.29, 1.82) is 0 Å². The topological polar surface area (TPSA) is 93.5 Å². The van der Waals surface area contributed by atoms with E-state index in [-0.39, 0.29) is 35.0 Å². The molecule has 1 atom stereocenters. The molecule has 7 heteroatoms. The Morgan fingerprint density at radius 3 is 2.69 bits per heavy atom. The average molecular weight is 357 g/mol. The number of anilines is 1. The van der Waals surface area contributed by atoms with E-state index in [9.17, 15) is 14.7 Å². The van der Waals surface area contributed by atoms with Crippen LogP contribution >= 0.6 is 0 Å². The van der Waals surface area contributed by atoms with Crippen LogP contribution in [0.15, 0.2) is 18.2 Å². The standard InChI is InChI=1S/C19H23N3O4/c1-19(2,3)16-15-11(9-14(24)20-17(15)22(4)21-16)10-6-7-13(23)12(8-10)18(25)26-5/h6-8,11,23H,9H2,1-5H3,(H,20,24). The smallest absolute Gasteiger partial charge is 0.341 e. The summed E-state index contributed by atoms with van der Waals surface area (Å²) in [7, 11) is 3.06. The number of methoxy groups -OCH3 is 1. The Morgan fingerprint density at radius 1 is 1.38 bits per heavy atom. The molecule has 1 aliphatic rings. The van der Waals surface area contributed by atoms with Gasteiger partial charge < -0.3 is 15.2 Å². The number of aromatic hydroxyl groups is 1. The Bertz CT molecular complexity index is 893. The normalized spacial score (nSPS) is 16.8. The van der Waals surface area contributed by atoms with Crippen molar-refractivity contribution < 1.29 is 19.4 Å². The molecule has 1 aromatic carbocycles. The molecule has 0 spiro atoms. The quantitative estimate of drug-likeness (QED) is 0.806. The highest BCUT2D eigenvalue weighted by molar-refractivity contribution is 5.95. The molecule has 1 unspecified atom stereocenters. The van der Waals surface area contributed by atoms with E-state index in [1.165, 1.54) is 13.2 Å². The molecule has 0 fully saturated rings. The second-order valence-electron chi connectivity index (χ2n) is 7.56. The molecule has 7 nitrogen and oxygen atoms in total. The highest BCUT2D eigenvalue weighted by Gasteiger charge is 2.36. The molecule has 1 aliphatic heterocycles. The average Bonchev–Trinajstić information content (AvgIpc) is 2.91. The predicted molar refractivity (Wildman–Crippen MR) is 96.4 cm³/mol. The van der Waals surface area contributed by atoms with Gasteiger partial charge in [0.1, 0.15) is 17.1 Å². The SMILES string of the molecule is COC(=O)c1cc(C2CC(=O)Nc3c2c(C(C)(C)C)nn3C)ccc1O. The summed E-state index contributed by atoms with van der Waals surface area (Å²) in [5.41, 5.74) is 2.47. The highest BCUT2D eigenvalue weighted by Crippen LogP contribution is 2.43. The lowest BCUT2D eigenvalue weighted by atomic mass is 9.79. The second kappa shape index (κ2) is 6.16. The molecule has 0 bridgehead atoms. The summed E-state index contributed by atoms with van der Waals surface area (Å²) in [6.45, 7) is 6.21. The van der Waals surface area contributed by atoms with Gasteiger partial charge in [0.05, 0.1) is 12.8 Å². The van der Waals surface area contributed by atoms with Crippen LogP contribution in [-0.4, -0.2) is 33.9 Å². The van der Waals surface area contributed by atoms with E-state index in [4.69, 9.17) is 4.74 Å². The lowest BCUT2D eigenvalue weighted by Crippen LogP contribution is -2.26.